The Bertz CT molecular complexity index is 751. The molecule has 0 spiro atoms. The van der Waals surface area contributed by atoms with Crippen molar-refractivity contribution >= 4 is 23.1 Å². The van der Waals surface area contributed by atoms with Crippen LogP contribution in [0, 0.1) is 10.1 Å². The van der Waals surface area contributed by atoms with E-state index in [0.29, 0.717) is 5.75 Å². The molecule has 0 unspecified atom stereocenters. The first-order valence-corrected chi connectivity index (χ1v) is 7.01. The summed E-state index contributed by atoms with van der Waals surface area (Å²) in [6, 6.07) is 6.99. The Labute approximate surface area is 133 Å². The molecule has 2 aromatic carbocycles. The number of nitro groups is 1. The van der Waals surface area contributed by atoms with Gasteiger partial charge in [0.15, 0.2) is 0 Å². The monoisotopic (exact) mass is 344 g/mol. The molecule has 0 heterocycles. The van der Waals surface area contributed by atoms with Crippen molar-refractivity contribution in [1.82, 2.24) is 0 Å². The number of nitrogens with two attached hydrogens (primary N) is 1. The molecule has 0 aliphatic carbocycles. The number of nitrogen functional groups attached to an aromatic ring is 1. The number of benzene rings is 2. The summed E-state index contributed by atoms with van der Waals surface area (Å²) in [6.07, 6.45) is -4.50. The van der Waals surface area contributed by atoms with Gasteiger partial charge in [-0.3, -0.25) is 10.1 Å². The highest BCUT2D eigenvalue weighted by Crippen LogP contribution is 2.41. The Balaban J connectivity index is 2.41. The fourth-order valence-electron chi connectivity index (χ4n) is 1.79. The molecule has 0 fully saturated rings. The minimum Gasteiger partial charge on any atom is -0.497 e. The standard InChI is InChI=1S/C14H11F3N2O3S/c1-22-9-3-4-11(19(20)21)13(7-9)23-12-5-2-8(6-10(12)18)14(15,16)17/h2-7H,18H2,1H3. The molecule has 0 atom stereocenters. The van der Waals surface area contributed by atoms with Crippen LogP contribution in [0.25, 0.3) is 0 Å². The van der Waals surface area contributed by atoms with E-state index in [4.69, 9.17) is 10.5 Å². The van der Waals surface area contributed by atoms with E-state index in [1.165, 1.54) is 31.4 Å². The number of methoxy groups -OCH3 is 1. The average Bonchev–Trinajstić information content (AvgIpc) is 2.47. The van der Waals surface area contributed by atoms with Crippen LogP contribution in [-0.2, 0) is 6.18 Å². The molecule has 5 nitrogen and oxygen atoms in total. The van der Waals surface area contributed by atoms with E-state index in [-0.39, 0.29) is 21.2 Å². The molecule has 2 aromatic rings. The molecule has 0 aliphatic rings. The molecule has 122 valence electrons. The second-order valence-corrected chi connectivity index (χ2v) is 5.53. The first kappa shape index (κ1) is 16.9. The molecular formula is C14H11F3N2O3S. The zero-order chi connectivity index (χ0) is 17.2. The Morgan fingerprint density at radius 2 is 1.87 bits per heavy atom. The number of hydrogen-bond donors (Lipinski definition) is 1. The molecule has 0 radical (unpaired) electrons. The molecule has 0 saturated carbocycles. The van der Waals surface area contributed by atoms with E-state index in [0.717, 1.165) is 23.9 Å². The van der Waals surface area contributed by atoms with Crippen LogP contribution in [-0.4, -0.2) is 12.0 Å². The Kier molecular flexibility index (Phi) is 4.69. The van der Waals surface area contributed by atoms with Crippen LogP contribution < -0.4 is 10.5 Å². The van der Waals surface area contributed by atoms with E-state index < -0.39 is 16.7 Å². The second kappa shape index (κ2) is 6.37. The molecule has 9 heteroatoms. The molecule has 23 heavy (non-hydrogen) atoms. The summed E-state index contributed by atoms with van der Waals surface area (Å²) in [6.45, 7) is 0. The van der Waals surface area contributed by atoms with Gasteiger partial charge in [0.25, 0.3) is 5.69 Å². The Morgan fingerprint density at radius 3 is 2.39 bits per heavy atom. The van der Waals surface area contributed by atoms with Crippen molar-refractivity contribution in [2.24, 2.45) is 0 Å². The maximum atomic E-state index is 12.6. The maximum absolute atomic E-state index is 12.6. The van der Waals surface area contributed by atoms with Gasteiger partial charge in [-0.25, -0.2) is 0 Å². The van der Waals surface area contributed by atoms with Crippen LogP contribution in [0.15, 0.2) is 46.2 Å². The topological polar surface area (TPSA) is 78.4 Å². The number of alkyl halides is 3. The number of nitro benzene ring substituents is 1. The number of halogens is 3. The second-order valence-electron chi connectivity index (χ2n) is 4.44. The average molecular weight is 344 g/mol. The van der Waals surface area contributed by atoms with Gasteiger partial charge < -0.3 is 10.5 Å². The van der Waals surface area contributed by atoms with Crippen LogP contribution in [0.3, 0.4) is 0 Å². The number of ether oxygens (including phenoxy) is 1. The summed E-state index contributed by atoms with van der Waals surface area (Å²) in [5, 5.41) is 11.1. The van der Waals surface area contributed by atoms with Crippen molar-refractivity contribution in [3.05, 3.63) is 52.1 Å². The highest BCUT2D eigenvalue weighted by Gasteiger charge is 2.31. The van der Waals surface area contributed by atoms with Crippen LogP contribution in [0.5, 0.6) is 5.75 Å². The largest absolute Gasteiger partial charge is 0.497 e. The van der Waals surface area contributed by atoms with Gasteiger partial charge in [-0.1, -0.05) is 11.8 Å². The van der Waals surface area contributed by atoms with Crippen molar-refractivity contribution < 1.29 is 22.8 Å². The molecular weight excluding hydrogens is 333 g/mol. The van der Waals surface area contributed by atoms with Gasteiger partial charge in [0, 0.05) is 22.7 Å². The van der Waals surface area contributed by atoms with E-state index >= 15 is 0 Å². The van der Waals surface area contributed by atoms with E-state index in [1.807, 2.05) is 0 Å². The lowest BCUT2D eigenvalue weighted by molar-refractivity contribution is -0.387. The van der Waals surface area contributed by atoms with E-state index in [9.17, 15) is 23.3 Å². The lowest BCUT2D eigenvalue weighted by Crippen LogP contribution is -2.05. The number of nitrogens with zero attached hydrogens (tertiary/aromatic N) is 1. The normalized spacial score (nSPS) is 11.3. The summed E-state index contributed by atoms with van der Waals surface area (Å²) < 4.78 is 42.9. The molecule has 0 saturated heterocycles. The summed E-state index contributed by atoms with van der Waals surface area (Å²) in [7, 11) is 1.40. The first-order valence-electron chi connectivity index (χ1n) is 6.19. The zero-order valence-corrected chi connectivity index (χ0v) is 12.6. The highest BCUT2D eigenvalue weighted by molar-refractivity contribution is 7.99. The fourth-order valence-corrected chi connectivity index (χ4v) is 2.76. The third-order valence-corrected chi connectivity index (χ3v) is 4.06. The summed E-state index contributed by atoms with van der Waals surface area (Å²) in [5.74, 6) is 0.392. The molecule has 2 N–H and O–H groups in total. The third-order valence-electron chi connectivity index (χ3n) is 2.92. The number of anilines is 1. The molecule has 0 aromatic heterocycles. The Morgan fingerprint density at radius 1 is 1.17 bits per heavy atom. The van der Waals surface area contributed by atoms with Crippen LogP contribution in [0.4, 0.5) is 24.5 Å². The lowest BCUT2D eigenvalue weighted by atomic mass is 10.2. The van der Waals surface area contributed by atoms with E-state index in [1.54, 1.807) is 0 Å². The van der Waals surface area contributed by atoms with Gasteiger partial charge in [-0.05, 0) is 24.3 Å². The van der Waals surface area contributed by atoms with Crippen molar-refractivity contribution in [3.63, 3.8) is 0 Å². The van der Waals surface area contributed by atoms with Crippen LogP contribution in [0.2, 0.25) is 0 Å². The first-order chi connectivity index (χ1) is 10.7. The smallest absolute Gasteiger partial charge is 0.416 e. The number of rotatable bonds is 4. The van der Waals surface area contributed by atoms with Gasteiger partial charge in [0.2, 0.25) is 0 Å². The van der Waals surface area contributed by atoms with Crippen molar-refractivity contribution in [3.8, 4) is 5.75 Å². The minimum atomic E-state index is -4.50. The van der Waals surface area contributed by atoms with Gasteiger partial charge in [0.1, 0.15) is 5.75 Å². The van der Waals surface area contributed by atoms with Crippen LogP contribution >= 0.6 is 11.8 Å². The predicted molar refractivity (Wildman–Crippen MR) is 79.6 cm³/mol. The van der Waals surface area contributed by atoms with E-state index in [2.05, 4.69) is 0 Å². The minimum absolute atomic E-state index is 0.109. The Hall–Kier alpha value is -2.42. The van der Waals surface area contributed by atoms with Gasteiger partial charge in [-0.2, -0.15) is 13.2 Å². The van der Waals surface area contributed by atoms with Crippen molar-refractivity contribution in [1.29, 1.82) is 0 Å². The van der Waals surface area contributed by atoms with Crippen molar-refractivity contribution in [2.75, 3.05) is 12.8 Å². The lowest BCUT2D eigenvalue weighted by Gasteiger charge is -2.11. The van der Waals surface area contributed by atoms with Gasteiger partial charge in [-0.15, -0.1) is 0 Å². The summed E-state index contributed by atoms with van der Waals surface area (Å²) in [4.78, 5) is 11.0. The third kappa shape index (κ3) is 3.86. The highest BCUT2D eigenvalue weighted by atomic mass is 32.2. The predicted octanol–water partition coefficient (Wildman–Crippen LogP) is 4.36. The van der Waals surface area contributed by atoms with Crippen molar-refractivity contribution in [2.45, 2.75) is 16.0 Å². The van der Waals surface area contributed by atoms with Gasteiger partial charge in [0.05, 0.1) is 22.5 Å². The fraction of sp³-hybridized carbons (Fsp3) is 0.143. The van der Waals surface area contributed by atoms with Crippen LogP contribution in [0.1, 0.15) is 5.56 Å². The number of hydrogen-bond acceptors (Lipinski definition) is 5. The SMILES string of the molecule is COc1ccc([N+](=O)[O-])c(Sc2ccc(C(F)(F)F)cc2N)c1. The summed E-state index contributed by atoms with van der Waals surface area (Å²) >= 11 is 0.904. The molecule has 0 amide bonds. The zero-order valence-electron chi connectivity index (χ0n) is 11.8. The van der Waals surface area contributed by atoms with Gasteiger partial charge >= 0.3 is 6.18 Å². The molecule has 0 aliphatic heterocycles. The summed E-state index contributed by atoms with van der Waals surface area (Å²) in [5.41, 5.74) is 4.47. The quantitative estimate of drug-likeness (QED) is 0.507. The molecule has 2 rings (SSSR count). The maximum Gasteiger partial charge on any atom is 0.416 e. The molecule has 0 bridgehead atoms.